The molecule has 0 aromatic heterocycles. The molecule has 2 atom stereocenters. The highest BCUT2D eigenvalue weighted by Gasteiger charge is 2.32. The lowest BCUT2D eigenvalue weighted by Crippen LogP contribution is -2.27. The molecule has 1 heterocycles. The third kappa shape index (κ3) is 6.36. The first kappa shape index (κ1) is 23.9. The average molecular weight is 457 g/mol. The van der Waals surface area contributed by atoms with Gasteiger partial charge >= 0.3 is 5.97 Å². The summed E-state index contributed by atoms with van der Waals surface area (Å²) in [5, 5.41) is -0.364. The van der Waals surface area contributed by atoms with E-state index in [1.54, 1.807) is 27.9 Å². The second kappa shape index (κ2) is 10.2. The molecule has 1 saturated heterocycles. The summed E-state index contributed by atoms with van der Waals surface area (Å²) in [6, 6.07) is 14.8. The van der Waals surface area contributed by atoms with Crippen LogP contribution in [0.25, 0.3) is 0 Å². The number of ketones is 1. The first-order chi connectivity index (χ1) is 15.2. The van der Waals surface area contributed by atoms with E-state index in [0.717, 1.165) is 22.9 Å². The number of ether oxygens (including phenoxy) is 3. The first-order valence-electron chi connectivity index (χ1n) is 10.4. The minimum atomic E-state index is -0.643. The molecule has 0 N–H and O–H groups in total. The number of carbonyl (C=O) groups is 3. The van der Waals surface area contributed by atoms with Crippen molar-refractivity contribution in [3.8, 4) is 11.5 Å². The van der Waals surface area contributed by atoms with Crippen LogP contribution in [0.3, 0.4) is 0 Å². The molecule has 6 nitrogen and oxygen atoms in total. The van der Waals surface area contributed by atoms with Crippen LogP contribution >= 0.6 is 11.8 Å². The van der Waals surface area contributed by atoms with Gasteiger partial charge in [0, 0.05) is 0 Å². The van der Waals surface area contributed by atoms with Gasteiger partial charge in [-0.15, -0.1) is 0 Å². The fourth-order valence-corrected chi connectivity index (χ4v) is 4.16. The van der Waals surface area contributed by atoms with E-state index < -0.39 is 11.5 Å². The molecule has 1 unspecified atom stereocenters. The molecule has 2 aromatic rings. The monoisotopic (exact) mass is 456 g/mol. The smallest absolute Gasteiger partial charge is 0.311 e. The second-order valence-corrected chi connectivity index (χ2v) is 9.96. The maximum Gasteiger partial charge on any atom is 0.311 e. The predicted octanol–water partition coefficient (Wildman–Crippen LogP) is 4.55. The van der Waals surface area contributed by atoms with Gasteiger partial charge in [-0.3, -0.25) is 14.4 Å². The number of Topliss-reactive ketones (excluding diaryl/α,β-unsaturated/α-hetero) is 1. The van der Waals surface area contributed by atoms with Gasteiger partial charge in [0.05, 0.1) is 24.2 Å². The highest BCUT2D eigenvalue weighted by Crippen LogP contribution is 2.29. The number of benzene rings is 2. The van der Waals surface area contributed by atoms with Crippen LogP contribution in [0.1, 0.15) is 44.4 Å². The van der Waals surface area contributed by atoms with Crippen molar-refractivity contribution in [2.45, 2.75) is 45.0 Å². The van der Waals surface area contributed by atoms with Gasteiger partial charge in [0.15, 0.2) is 17.0 Å². The Morgan fingerprint density at radius 3 is 2.41 bits per heavy atom. The molecule has 3 rings (SSSR count). The zero-order valence-corrected chi connectivity index (χ0v) is 19.6. The first-order valence-corrected chi connectivity index (χ1v) is 11.3. The van der Waals surface area contributed by atoms with E-state index in [4.69, 9.17) is 14.2 Å². The van der Waals surface area contributed by atoms with Crippen molar-refractivity contribution in [3.63, 3.8) is 0 Å². The molecule has 1 aliphatic rings. The Labute approximate surface area is 192 Å². The fraction of sp³-hybridized carbons (Fsp3) is 0.400. The molecule has 7 heteroatoms. The summed E-state index contributed by atoms with van der Waals surface area (Å²) in [4.78, 5) is 35.8. The van der Waals surface area contributed by atoms with Crippen LogP contribution in [-0.2, 0) is 25.5 Å². The molecular formula is C25H28O6S. The van der Waals surface area contributed by atoms with E-state index in [1.807, 2.05) is 48.5 Å². The molecule has 0 saturated carbocycles. The summed E-state index contributed by atoms with van der Waals surface area (Å²) in [5.74, 6) is 0.955. The molecule has 0 aliphatic carbocycles. The summed E-state index contributed by atoms with van der Waals surface area (Å²) >= 11 is 1.12. The van der Waals surface area contributed by atoms with E-state index in [9.17, 15) is 14.4 Å². The Bertz CT molecular complexity index is 977. The summed E-state index contributed by atoms with van der Waals surface area (Å²) in [5.41, 5.74) is 1.09. The third-order valence-electron chi connectivity index (χ3n) is 5.02. The molecule has 0 amide bonds. The summed E-state index contributed by atoms with van der Waals surface area (Å²) in [6.07, 6.45) is -0.0595. The van der Waals surface area contributed by atoms with Crippen molar-refractivity contribution >= 4 is 28.6 Å². The van der Waals surface area contributed by atoms with Crippen LogP contribution in [0.5, 0.6) is 11.5 Å². The van der Waals surface area contributed by atoms with Crippen molar-refractivity contribution in [1.29, 1.82) is 0 Å². The van der Waals surface area contributed by atoms with Crippen LogP contribution in [0, 0.1) is 5.41 Å². The van der Waals surface area contributed by atoms with Crippen molar-refractivity contribution in [2.24, 2.45) is 5.41 Å². The van der Waals surface area contributed by atoms with Crippen LogP contribution in [-0.4, -0.2) is 35.8 Å². The standard InChI is InChI=1S/C25H28O6S/c1-25(2,3)24(28)31-21(17-6-5-7-19(13-17)29-4)15-30-18-10-8-16(9-11-18)12-22-20(26)14-23(27)32-22/h5-11,13,21-22H,12,14-15H2,1-4H3/t21-,22?/m1/s1. The SMILES string of the molecule is COc1cccc([C@@H](COc2ccc(CC3SC(=O)CC3=O)cc2)OC(=O)C(C)(C)C)c1. The maximum atomic E-state index is 12.5. The molecule has 1 aliphatic heterocycles. The number of hydrogen-bond acceptors (Lipinski definition) is 7. The summed E-state index contributed by atoms with van der Waals surface area (Å²) < 4.78 is 17.0. The Hall–Kier alpha value is -2.80. The predicted molar refractivity (Wildman–Crippen MR) is 123 cm³/mol. The Morgan fingerprint density at radius 2 is 1.81 bits per heavy atom. The van der Waals surface area contributed by atoms with Gasteiger partial charge in [-0.2, -0.15) is 0 Å². The second-order valence-electron chi connectivity index (χ2n) is 8.70. The van der Waals surface area contributed by atoms with Gasteiger partial charge in [0.2, 0.25) is 0 Å². The Kier molecular flexibility index (Phi) is 7.61. The molecule has 0 radical (unpaired) electrons. The van der Waals surface area contributed by atoms with Crippen LogP contribution in [0.15, 0.2) is 48.5 Å². The summed E-state index contributed by atoms with van der Waals surface area (Å²) in [6.45, 7) is 5.55. The molecule has 0 spiro atoms. The molecule has 2 aromatic carbocycles. The van der Waals surface area contributed by atoms with E-state index in [0.29, 0.717) is 17.9 Å². The highest BCUT2D eigenvalue weighted by molar-refractivity contribution is 8.15. The number of carbonyl (C=O) groups excluding carboxylic acids is 3. The normalized spacial score (nSPS) is 17.2. The molecule has 170 valence electrons. The third-order valence-corrected chi connectivity index (χ3v) is 6.15. The zero-order chi connectivity index (χ0) is 23.3. The number of hydrogen-bond donors (Lipinski definition) is 0. The lowest BCUT2D eigenvalue weighted by Gasteiger charge is -2.24. The van der Waals surface area contributed by atoms with Crippen molar-refractivity contribution in [1.82, 2.24) is 0 Å². The van der Waals surface area contributed by atoms with Crippen LogP contribution < -0.4 is 9.47 Å². The molecular weight excluding hydrogens is 428 g/mol. The maximum absolute atomic E-state index is 12.5. The van der Waals surface area contributed by atoms with Gasteiger partial charge in [0.25, 0.3) is 0 Å². The van der Waals surface area contributed by atoms with Crippen molar-refractivity contribution in [3.05, 3.63) is 59.7 Å². The Morgan fingerprint density at radius 1 is 1.09 bits per heavy atom. The minimum Gasteiger partial charge on any atom is -0.497 e. The van der Waals surface area contributed by atoms with E-state index in [1.165, 1.54) is 0 Å². The van der Waals surface area contributed by atoms with Gasteiger partial charge in [0.1, 0.15) is 18.1 Å². The average Bonchev–Trinajstić information content (AvgIpc) is 3.07. The lowest BCUT2D eigenvalue weighted by molar-refractivity contribution is -0.160. The number of thioether (sulfide) groups is 1. The lowest BCUT2D eigenvalue weighted by atomic mass is 9.97. The van der Waals surface area contributed by atoms with Crippen molar-refractivity contribution in [2.75, 3.05) is 13.7 Å². The summed E-state index contributed by atoms with van der Waals surface area (Å²) in [7, 11) is 1.58. The minimum absolute atomic E-state index is 0.0119. The Balaban J connectivity index is 1.67. The van der Waals surface area contributed by atoms with Crippen LogP contribution in [0.2, 0.25) is 0 Å². The van der Waals surface area contributed by atoms with Crippen LogP contribution in [0.4, 0.5) is 0 Å². The number of methoxy groups -OCH3 is 1. The quantitative estimate of drug-likeness (QED) is 0.426. The largest absolute Gasteiger partial charge is 0.497 e. The van der Waals surface area contributed by atoms with Gasteiger partial charge in [-0.1, -0.05) is 36.0 Å². The molecule has 32 heavy (non-hydrogen) atoms. The number of esters is 1. The van der Waals surface area contributed by atoms with Gasteiger partial charge in [-0.25, -0.2) is 0 Å². The highest BCUT2D eigenvalue weighted by atomic mass is 32.2. The van der Waals surface area contributed by atoms with Crippen molar-refractivity contribution < 1.29 is 28.6 Å². The van der Waals surface area contributed by atoms with E-state index in [-0.39, 0.29) is 35.1 Å². The van der Waals surface area contributed by atoms with E-state index in [2.05, 4.69) is 0 Å². The molecule has 1 fully saturated rings. The topological polar surface area (TPSA) is 78.9 Å². The number of rotatable bonds is 8. The molecule has 0 bridgehead atoms. The van der Waals surface area contributed by atoms with Gasteiger partial charge < -0.3 is 14.2 Å². The zero-order valence-electron chi connectivity index (χ0n) is 18.8. The van der Waals surface area contributed by atoms with Gasteiger partial charge in [-0.05, 0) is 62.6 Å². The van der Waals surface area contributed by atoms with E-state index >= 15 is 0 Å². The fourth-order valence-electron chi connectivity index (χ4n) is 3.13.